The molecule has 0 aliphatic heterocycles. The number of aromatic nitrogens is 2. The molecule has 0 aromatic carbocycles. The van der Waals surface area contributed by atoms with E-state index in [2.05, 4.69) is 40.0 Å². The number of imidazole rings is 1. The first-order chi connectivity index (χ1) is 10.2. The fourth-order valence-corrected chi connectivity index (χ4v) is 3.32. The van der Waals surface area contributed by atoms with Gasteiger partial charge < -0.3 is 15.3 Å². The Labute approximate surface area is 129 Å². The number of hydrogen-bond donors (Lipinski definition) is 2. The van der Waals surface area contributed by atoms with Crippen LogP contribution in [-0.2, 0) is 6.54 Å². The number of fused-ring (bicyclic) bond motifs is 1. The SMILES string of the molecule is CC(C)N(CCCO)c1nc2sccn2c1CNC1CC1. The molecule has 1 saturated carbocycles. The fourth-order valence-electron chi connectivity index (χ4n) is 2.59. The Morgan fingerprint density at radius 2 is 2.33 bits per heavy atom. The Hall–Kier alpha value is -1.11. The van der Waals surface area contributed by atoms with Gasteiger partial charge in [-0.3, -0.25) is 4.40 Å². The normalized spacial score (nSPS) is 15.2. The van der Waals surface area contributed by atoms with Crippen LogP contribution in [0.1, 0.15) is 38.8 Å². The summed E-state index contributed by atoms with van der Waals surface area (Å²) in [6, 6.07) is 1.06. The van der Waals surface area contributed by atoms with Crippen LogP contribution < -0.4 is 10.2 Å². The lowest BCUT2D eigenvalue weighted by molar-refractivity contribution is 0.288. The lowest BCUT2D eigenvalue weighted by Gasteiger charge is -2.27. The minimum absolute atomic E-state index is 0.223. The molecule has 21 heavy (non-hydrogen) atoms. The van der Waals surface area contributed by atoms with Crippen molar-refractivity contribution in [3.63, 3.8) is 0 Å². The minimum atomic E-state index is 0.223. The van der Waals surface area contributed by atoms with E-state index in [0.29, 0.717) is 12.1 Å². The molecule has 0 bridgehead atoms. The maximum Gasteiger partial charge on any atom is 0.195 e. The summed E-state index contributed by atoms with van der Waals surface area (Å²) in [5.41, 5.74) is 1.24. The first-order valence-electron chi connectivity index (χ1n) is 7.76. The van der Waals surface area contributed by atoms with Gasteiger partial charge in [-0.15, -0.1) is 11.3 Å². The summed E-state index contributed by atoms with van der Waals surface area (Å²) in [4.78, 5) is 8.19. The van der Waals surface area contributed by atoms with Crippen LogP contribution in [0.25, 0.3) is 4.96 Å². The number of rotatable bonds is 8. The first kappa shape index (κ1) is 14.8. The molecule has 0 radical (unpaired) electrons. The van der Waals surface area contributed by atoms with Crippen LogP contribution in [0.2, 0.25) is 0 Å². The Bertz CT molecular complexity index is 588. The molecule has 5 nitrogen and oxygen atoms in total. The minimum Gasteiger partial charge on any atom is -0.396 e. The smallest absolute Gasteiger partial charge is 0.195 e. The second-order valence-corrected chi connectivity index (χ2v) is 6.83. The monoisotopic (exact) mass is 308 g/mol. The number of aliphatic hydroxyl groups is 1. The van der Waals surface area contributed by atoms with Crippen molar-refractivity contribution in [2.45, 2.75) is 51.7 Å². The summed E-state index contributed by atoms with van der Waals surface area (Å²) in [5.74, 6) is 1.07. The van der Waals surface area contributed by atoms with Crippen LogP contribution in [0.5, 0.6) is 0 Å². The van der Waals surface area contributed by atoms with Gasteiger partial charge in [0.15, 0.2) is 10.8 Å². The van der Waals surface area contributed by atoms with Crippen LogP contribution in [0.4, 0.5) is 5.82 Å². The molecule has 1 fully saturated rings. The number of anilines is 1. The van der Waals surface area contributed by atoms with E-state index in [0.717, 1.165) is 30.3 Å². The number of hydrogen-bond acceptors (Lipinski definition) is 5. The van der Waals surface area contributed by atoms with Gasteiger partial charge in [0.1, 0.15) is 0 Å². The average molecular weight is 308 g/mol. The van der Waals surface area contributed by atoms with E-state index in [1.54, 1.807) is 11.3 Å². The molecule has 1 aliphatic carbocycles. The van der Waals surface area contributed by atoms with Gasteiger partial charge in [0, 0.05) is 43.4 Å². The van der Waals surface area contributed by atoms with Crippen molar-refractivity contribution in [3.8, 4) is 0 Å². The zero-order valence-corrected chi connectivity index (χ0v) is 13.6. The predicted octanol–water partition coefficient (Wildman–Crippen LogP) is 2.25. The maximum absolute atomic E-state index is 9.13. The molecule has 2 heterocycles. The van der Waals surface area contributed by atoms with Crippen molar-refractivity contribution in [2.24, 2.45) is 0 Å². The van der Waals surface area contributed by atoms with Crippen LogP contribution >= 0.6 is 11.3 Å². The highest BCUT2D eigenvalue weighted by atomic mass is 32.1. The summed E-state index contributed by atoms with van der Waals surface area (Å²) < 4.78 is 2.20. The third-order valence-corrected chi connectivity index (χ3v) is 4.68. The number of thiazole rings is 1. The summed E-state index contributed by atoms with van der Waals surface area (Å²) in [6.45, 7) is 6.29. The van der Waals surface area contributed by atoms with E-state index in [1.807, 2.05) is 0 Å². The van der Waals surface area contributed by atoms with Crippen molar-refractivity contribution < 1.29 is 5.11 Å². The van der Waals surface area contributed by atoms with Gasteiger partial charge in [-0.25, -0.2) is 4.98 Å². The first-order valence-corrected chi connectivity index (χ1v) is 8.64. The third-order valence-electron chi connectivity index (χ3n) is 3.93. The average Bonchev–Trinajstić information content (AvgIpc) is 3.06. The summed E-state index contributed by atoms with van der Waals surface area (Å²) in [7, 11) is 0. The van der Waals surface area contributed by atoms with Gasteiger partial charge in [0.05, 0.1) is 5.69 Å². The highest BCUT2D eigenvalue weighted by Crippen LogP contribution is 2.28. The van der Waals surface area contributed by atoms with Crippen molar-refractivity contribution in [1.29, 1.82) is 0 Å². The topological polar surface area (TPSA) is 52.8 Å². The molecule has 6 heteroatoms. The molecule has 0 unspecified atom stereocenters. The summed E-state index contributed by atoms with van der Waals surface area (Å²) >= 11 is 1.67. The molecule has 2 aromatic heterocycles. The van der Waals surface area contributed by atoms with Crippen molar-refractivity contribution in [1.82, 2.24) is 14.7 Å². The van der Waals surface area contributed by atoms with Crippen LogP contribution in [-0.4, -0.2) is 39.7 Å². The van der Waals surface area contributed by atoms with Gasteiger partial charge in [0.2, 0.25) is 0 Å². The van der Waals surface area contributed by atoms with Gasteiger partial charge in [-0.1, -0.05) is 0 Å². The Morgan fingerprint density at radius 1 is 1.52 bits per heavy atom. The lowest BCUT2D eigenvalue weighted by Crippen LogP contribution is -2.34. The fraction of sp³-hybridized carbons (Fsp3) is 0.667. The molecule has 2 N–H and O–H groups in total. The molecule has 2 aromatic rings. The van der Waals surface area contributed by atoms with Crippen LogP contribution in [0.15, 0.2) is 11.6 Å². The number of aliphatic hydroxyl groups excluding tert-OH is 1. The number of nitrogens with one attached hydrogen (secondary N) is 1. The third kappa shape index (κ3) is 3.22. The highest BCUT2D eigenvalue weighted by molar-refractivity contribution is 7.15. The molecule has 0 atom stereocenters. The van der Waals surface area contributed by atoms with Crippen molar-refractivity contribution in [2.75, 3.05) is 18.1 Å². The summed E-state index contributed by atoms with van der Waals surface area (Å²) in [5, 5.41) is 14.8. The van der Waals surface area contributed by atoms with Gasteiger partial charge in [0.25, 0.3) is 0 Å². The number of nitrogens with zero attached hydrogens (tertiary/aromatic N) is 3. The second-order valence-electron chi connectivity index (χ2n) is 5.96. The van der Waals surface area contributed by atoms with Gasteiger partial charge in [-0.05, 0) is 33.1 Å². The van der Waals surface area contributed by atoms with Crippen molar-refractivity contribution in [3.05, 3.63) is 17.3 Å². The van der Waals surface area contributed by atoms with Crippen molar-refractivity contribution >= 4 is 22.1 Å². The van der Waals surface area contributed by atoms with Gasteiger partial charge >= 0.3 is 0 Å². The Morgan fingerprint density at radius 3 is 3.00 bits per heavy atom. The molecular formula is C15H24N4OS. The molecule has 116 valence electrons. The highest BCUT2D eigenvalue weighted by Gasteiger charge is 2.24. The molecule has 0 saturated heterocycles. The molecule has 0 amide bonds. The Kier molecular flexibility index (Phi) is 4.47. The molecule has 3 rings (SSSR count). The van der Waals surface area contributed by atoms with E-state index in [4.69, 9.17) is 10.1 Å². The van der Waals surface area contributed by atoms with Crippen LogP contribution in [0, 0.1) is 0 Å². The molecule has 1 aliphatic rings. The molecule has 0 spiro atoms. The summed E-state index contributed by atoms with van der Waals surface area (Å²) in [6.07, 6.45) is 5.46. The maximum atomic E-state index is 9.13. The lowest BCUT2D eigenvalue weighted by atomic mass is 10.2. The van der Waals surface area contributed by atoms with E-state index < -0.39 is 0 Å². The Balaban J connectivity index is 1.89. The zero-order valence-electron chi connectivity index (χ0n) is 12.7. The van der Waals surface area contributed by atoms with Crippen LogP contribution in [0.3, 0.4) is 0 Å². The largest absolute Gasteiger partial charge is 0.396 e. The van der Waals surface area contributed by atoms with E-state index in [1.165, 1.54) is 18.5 Å². The van der Waals surface area contributed by atoms with E-state index in [9.17, 15) is 0 Å². The second kappa shape index (κ2) is 6.34. The quantitative estimate of drug-likeness (QED) is 0.785. The zero-order chi connectivity index (χ0) is 14.8. The predicted molar refractivity (Wildman–Crippen MR) is 87.1 cm³/mol. The standard InChI is InChI=1S/C15H24N4OS/c1-11(2)18(6-3-8-20)14-13(10-16-12-4-5-12)19-7-9-21-15(19)17-14/h7,9,11-12,16,20H,3-6,8,10H2,1-2H3. The van der Waals surface area contributed by atoms with E-state index in [-0.39, 0.29) is 6.61 Å². The molecular weight excluding hydrogens is 284 g/mol. The van der Waals surface area contributed by atoms with Gasteiger partial charge in [-0.2, -0.15) is 0 Å². The van der Waals surface area contributed by atoms with E-state index >= 15 is 0 Å².